The molecule has 0 saturated heterocycles. The molecular formula is C16H17ClN4OS. The molecule has 23 heavy (non-hydrogen) atoms. The zero-order valence-electron chi connectivity index (χ0n) is 12.9. The van der Waals surface area contributed by atoms with E-state index in [1.165, 1.54) is 11.3 Å². The number of carbonyl (C=O) groups excluding carboxylic acids is 1. The number of carbonyl (C=O) groups is 1. The summed E-state index contributed by atoms with van der Waals surface area (Å²) >= 11 is 7.68. The average molecular weight is 349 g/mol. The fourth-order valence-corrected chi connectivity index (χ4v) is 3.56. The number of nitrogens with zero attached hydrogens (tertiary/aromatic N) is 4. The molecule has 0 aliphatic heterocycles. The molecule has 5 nitrogen and oxygen atoms in total. The number of fused-ring (bicyclic) bond motifs is 1. The van der Waals surface area contributed by atoms with Crippen LogP contribution in [-0.4, -0.2) is 27.2 Å². The van der Waals surface area contributed by atoms with E-state index < -0.39 is 0 Å². The molecule has 7 heteroatoms. The van der Waals surface area contributed by atoms with Crippen molar-refractivity contribution in [1.82, 2.24) is 14.8 Å². The molecule has 2 heterocycles. The van der Waals surface area contributed by atoms with Crippen molar-refractivity contribution in [2.24, 2.45) is 5.92 Å². The number of hydrogen-bond donors (Lipinski definition) is 0. The first-order valence-electron chi connectivity index (χ1n) is 7.40. The van der Waals surface area contributed by atoms with Gasteiger partial charge in [0.2, 0.25) is 5.91 Å². The normalized spacial score (nSPS) is 11.3. The van der Waals surface area contributed by atoms with Crippen LogP contribution >= 0.6 is 22.9 Å². The molecule has 3 rings (SSSR count). The molecule has 3 aromatic rings. The molecule has 0 radical (unpaired) electrons. The van der Waals surface area contributed by atoms with Crippen LogP contribution in [0.15, 0.2) is 36.7 Å². The minimum Gasteiger partial charge on any atom is -0.286 e. The molecule has 1 aromatic carbocycles. The van der Waals surface area contributed by atoms with E-state index in [-0.39, 0.29) is 11.8 Å². The number of thiazole rings is 1. The van der Waals surface area contributed by atoms with Gasteiger partial charge in [-0.1, -0.05) is 42.9 Å². The maximum Gasteiger partial charge on any atom is 0.231 e. The van der Waals surface area contributed by atoms with E-state index in [1.54, 1.807) is 15.8 Å². The first kappa shape index (κ1) is 16.0. The summed E-state index contributed by atoms with van der Waals surface area (Å²) in [6.07, 6.45) is 3.61. The predicted octanol–water partition coefficient (Wildman–Crippen LogP) is 3.84. The van der Waals surface area contributed by atoms with Crippen molar-refractivity contribution in [3.63, 3.8) is 0 Å². The maximum atomic E-state index is 12.6. The third kappa shape index (κ3) is 3.38. The van der Waals surface area contributed by atoms with Crippen molar-refractivity contribution in [3.05, 3.63) is 41.7 Å². The summed E-state index contributed by atoms with van der Waals surface area (Å²) < 4.78 is 2.79. The number of benzene rings is 1. The van der Waals surface area contributed by atoms with Crippen LogP contribution in [-0.2, 0) is 11.3 Å². The van der Waals surface area contributed by atoms with Crippen molar-refractivity contribution in [3.8, 4) is 0 Å². The van der Waals surface area contributed by atoms with Crippen LogP contribution in [0.2, 0.25) is 5.02 Å². The summed E-state index contributed by atoms with van der Waals surface area (Å²) in [6, 6.07) is 7.54. The predicted molar refractivity (Wildman–Crippen MR) is 94.0 cm³/mol. The number of anilines is 1. The fraction of sp³-hybridized carbons (Fsp3) is 0.312. The van der Waals surface area contributed by atoms with Gasteiger partial charge in [-0.2, -0.15) is 5.10 Å². The second-order valence-electron chi connectivity index (χ2n) is 5.50. The van der Waals surface area contributed by atoms with Gasteiger partial charge >= 0.3 is 0 Å². The fourth-order valence-electron chi connectivity index (χ4n) is 2.27. The number of hydrogen-bond acceptors (Lipinski definition) is 4. The van der Waals surface area contributed by atoms with Gasteiger partial charge in [-0.3, -0.25) is 14.4 Å². The van der Waals surface area contributed by atoms with E-state index in [0.717, 1.165) is 10.2 Å². The second-order valence-corrected chi connectivity index (χ2v) is 6.91. The van der Waals surface area contributed by atoms with Crippen LogP contribution in [0.1, 0.15) is 13.8 Å². The van der Waals surface area contributed by atoms with Crippen LogP contribution < -0.4 is 4.90 Å². The highest BCUT2D eigenvalue weighted by molar-refractivity contribution is 7.22. The number of halogens is 1. The van der Waals surface area contributed by atoms with Crippen molar-refractivity contribution < 1.29 is 4.79 Å². The van der Waals surface area contributed by atoms with Gasteiger partial charge < -0.3 is 0 Å². The highest BCUT2D eigenvalue weighted by Crippen LogP contribution is 2.33. The van der Waals surface area contributed by atoms with Crippen LogP contribution in [0, 0.1) is 5.92 Å². The van der Waals surface area contributed by atoms with Gasteiger partial charge in [0.05, 0.1) is 16.3 Å². The third-order valence-electron chi connectivity index (χ3n) is 3.46. The number of para-hydroxylation sites is 1. The summed E-state index contributed by atoms with van der Waals surface area (Å²) in [5, 5.41) is 5.47. The zero-order chi connectivity index (χ0) is 16.4. The van der Waals surface area contributed by atoms with Crippen LogP contribution in [0.4, 0.5) is 5.13 Å². The minimum absolute atomic E-state index is 0.0485. The molecule has 0 aliphatic rings. The van der Waals surface area contributed by atoms with Crippen molar-refractivity contribution in [1.29, 1.82) is 0 Å². The Morgan fingerprint density at radius 2 is 2.22 bits per heavy atom. The summed E-state index contributed by atoms with van der Waals surface area (Å²) in [7, 11) is 0. The summed E-state index contributed by atoms with van der Waals surface area (Å²) in [5.74, 6) is -0.0533. The first-order chi connectivity index (χ1) is 11.1. The molecule has 0 aliphatic carbocycles. The Hall–Kier alpha value is -1.92. The van der Waals surface area contributed by atoms with E-state index in [9.17, 15) is 4.79 Å². The van der Waals surface area contributed by atoms with Gasteiger partial charge in [-0.15, -0.1) is 0 Å². The molecule has 120 valence electrons. The van der Waals surface area contributed by atoms with Crippen LogP contribution in [0.5, 0.6) is 0 Å². The Morgan fingerprint density at radius 3 is 2.87 bits per heavy atom. The average Bonchev–Trinajstić information content (AvgIpc) is 3.17. The summed E-state index contributed by atoms with van der Waals surface area (Å²) in [6.45, 7) is 4.93. The van der Waals surface area contributed by atoms with E-state index in [2.05, 4.69) is 10.1 Å². The Morgan fingerprint density at radius 1 is 1.39 bits per heavy atom. The van der Waals surface area contributed by atoms with Crippen molar-refractivity contribution in [2.75, 3.05) is 11.4 Å². The molecule has 0 bridgehead atoms. The van der Waals surface area contributed by atoms with Gasteiger partial charge in [-0.05, 0) is 18.2 Å². The molecule has 0 unspecified atom stereocenters. The number of aromatic nitrogens is 3. The minimum atomic E-state index is -0.102. The quantitative estimate of drug-likeness (QED) is 0.704. The van der Waals surface area contributed by atoms with Gasteiger partial charge in [0.1, 0.15) is 5.52 Å². The monoisotopic (exact) mass is 348 g/mol. The third-order valence-corrected chi connectivity index (χ3v) is 4.81. The molecule has 0 spiro atoms. The topological polar surface area (TPSA) is 51.0 Å². The van der Waals surface area contributed by atoms with Gasteiger partial charge in [-0.25, -0.2) is 4.98 Å². The van der Waals surface area contributed by atoms with E-state index in [0.29, 0.717) is 23.2 Å². The van der Waals surface area contributed by atoms with Gasteiger partial charge in [0.25, 0.3) is 0 Å². The Balaban J connectivity index is 1.92. The van der Waals surface area contributed by atoms with Gasteiger partial charge in [0.15, 0.2) is 5.13 Å². The lowest BCUT2D eigenvalue weighted by Crippen LogP contribution is -2.36. The van der Waals surface area contributed by atoms with Crippen molar-refractivity contribution >= 4 is 44.2 Å². The lowest BCUT2D eigenvalue weighted by molar-refractivity contribution is -0.121. The molecule has 0 fully saturated rings. The summed E-state index contributed by atoms with van der Waals surface area (Å²) in [5.41, 5.74) is 0.745. The van der Waals surface area contributed by atoms with Gasteiger partial charge in [0, 0.05) is 24.9 Å². The standard InChI is InChI=1S/C16H17ClN4OS/c1-11(2)15(22)21(10-9-20-8-4-7-18-20)16-19-14-12(17)5-3-6-13(14)23-16/h3-8,11H,9-10H2,1-2H3. The molecule has 0 saturated carbocycles. The lowest BCUT2D eigenvalue weighted by Gasteiger charge is -2.21. The molecule has 2 aromatic heterocycles. The highest BCUT2D eigenvalue weighted by atomic mass is 35.5. The van der Waals surface area contributed by atoms with Crippen molar-refractivity contribution in [2.45, 2.75) is 20.4 Å². The summed E-state index contributed by atoms with van der Waals surface area (Å²) in [4.78, 5) is 18.9. The Labute approximate surface area is 143 Å². The molecule has 0 atom stereocenters. The first-order valence-corrected chi connectivity index (χ1v) is 8.59. The van der Waals surface area contributed by atoms with E-state index in [4.69, 9.17) is 11.6 Å². The zero-order valence-corrected chi connectivity index (χ0v) is 14.5. The SMILES string of the molecule is CC(C)C(=O)N(CCn1cccn1)c1nc2c(Cl)cccc2s1. The van der Waals surface area contributed by atoms with E-state index >= 15 is 0 Å². The number of rotatable bonds is 5. The highest BCUT2D eigenvalue weighted by Gasteiger charge is 2.22. The molecule has 0 N–H and O–H groups in total. The van der Waals surface area contributed by atoms with Crippen LogP contribution in [0.3, 0.4) is 0 Å². The molecule has 1 amide bonds. The number of amides is 1. The largest absolute Gasteiger partial charge is 0.286 e. The second kappa shape index (κ2) is 6.68. The van der Waals surface area contributed by atoms with Crippen LogP contribution in [0.25, 0.3) is 10.2 Å². The Bertz CT molecular complexity index is 813. The lowest BCUT2D eigenvalue weighted by atomic mass is 10.2. The van der Waals surface area contributed by atoms with E-state index in [1.807, 2.05) is 44.3 Å². The molecular weight excluding hydrogens is 332 g/mol. The maximum absolute atomic E-state index is 12.6. The smallest absolute Gasteiger partial charge is 0.231 e. The Kier molecular flexibility index (Phi) is 4.63.